The SMILES string of the molecule is FC(F)(F)c1cc(C(F)(F)F)c(-c2ccc3ccc4ccc(-c5c(C(F)(F)F)cc(C(F)(F)F)cc5C(F)(F)F)nc4c3n2)c(C(F)(F)F)c1.[Cu+].[F][Sb-]([F])([F])([F])([F])[F]. The molecule has 0 aliphatic heterocycles. The van der Waals surface area contributed by atoms with Crippen LogP contribution in [0.5, 0.6) is 0 Å². The van der Waals surface area contributed by atoms with Gasteiger partial charge in [0.15, 0.2) is 0 Å². The van der Waals surface area contributed by atoms with E-state index in [1.54, 1.807) is 0 Å². The summed E-state index contributed by atoms with van der Waals surface area (Å²) in [4.78, 5) is 7.40. The Labute approximate surface area is 317 Å². The Morgan fingerprint density at radius 2 is 0.552 bits per heavy atom. The number of hydrogen-bond acceptors (Lipinski definition) is 2. The number of nitrogens with zero attached hydrogens (tertiary/aromatic N) is 2. The van der Waals surface area contributed by atoms with Gasteiger partial charge in [-0.1, -0.05) is 24.3 Å². The van der Waals surface area contributed by atoms with E-state index in [1.807, 2.05) is 0 Å². The fraction of sp³-hybridized carbons (Fsp3) is 0.200. The molecule has 28 heteroatoms. The van der Waals surface area contributed by atoms with Gasteiger partial charge in [-0.3, -0.25) is 0 Å². The molecule has 0 fully saturated rings. The summed E-state index contributed by atoms with van der Waals surface area (Å²) in [7, 11) is 0. The fourth-order valence-electron chi connectivity index (χ4n) is 5.10. The van der Waals surface area contributed by atoms with Crippen LogP contribution in [0.15, 0.2) is 60.7 Å². The standard InChI is InChI=1S/C30H10F18N2.Cu.6FH.Sb/c31-25(32,33)13-7-15(27(37,38)39)21(16(8-13)28(40,41)42)19-5-3-11-1-2-12-4-6-20(50-24(12)23(11)49-19)22-17(29(43,44)45)9-14(26(34,35)36)10-18(22)30(46,47)48;;;;;;;;/h1-10H;;6*1H;/q;+1;;;;;;;+5/p-6. The van der Waals surface area contributed by atoms with Gasteiger partial charge in [0.1, 0.15) is 0 Å². The first-order valence-corrected chi connectivity index (χ1v) is 19.9. The molecule has 0 saturated heterocycles. The van der Waals surface area contributed by atoms with Crippen molar-refractivity contribution in [2.45, 2.75) is 37.1 Å². The Morgan fingerprint density at radius 3 is 0.741 bits per heavy atom. The number of aromatic nitrogens is 2. The summed E-state index contributed by atoms with van der Waals surface area (Å²) >= 11 is -11.2. The summed E-state index contributed by atoms with van der Waals surface area (Å²) in [5, 5.41) is -0.445. The summed E-state index contributed by atoms with van der Waals surface area (Å²) < 4.78 is 308. The first-order valence-electron chi connectivity index (χ1n) is 14.1. The average molecular weight is 1040 g/mol. The molecule has 0 aliphatic carbocycles. The molecule has 0 unspecified atom stereocenters. The first kappa shape index (κ1) is 48.5. The molecule has 5 rings (SSSR count). The van der Waals surface area contributed by atoms with Gasteiger partial charge in [0.05, 0.1) is 55.8 Å². The molecule has 2 nitrogen and oxygen atoms in total. The number of hydrogen-bond donors (Lipinski definition) is 0. The van der Waals surface area contributed by atoms with E-state index >= 15 is 0 Å². The van der Waals surface area contributed by atoms with Crippen molar-refractivity contribution in [2.24, 2.45) is 0 Å². The van der Waals surface area contributed by atoms with Gasteiger partial charge < -0.3 is 0 Å². The van der Waals surface area contributed by atoms with E-state index in [2.05, 4.69) is 9.97 Å². The molecule has 0 N–H and O–H groups in total. The predicted octanol–water partition coefficient (Wildman–Crippen LogP) is 14.4. The summed E-state index contributed by atoms with van der Waals surface area (Å²) in [6.45, 7) is 0. The second-order valence-electron chi connectivity index (χ2n) is 11.4. The van der Waals surface area contributed by atoms with Crippen LogP contribution < -0.4 is 0 Å². The molecule has 0 amide bonds. The van der Waals surface area contributed by atoms with Crippen molar-refractivity contribution < 1.29 is 113 Å². The Balaban J connectivity index is 0.00000103. The van der Waals surface area contributed by atoms with Gasteiger partial charge in [-0.2, -0.15) is 79.0 Å². The van der Waals surface area contributed by atoms with Crippen molar-refractivity contribution in [2.75, 3.05) is 0 Å². The molecule has 58 heavy (non-hydrogen) atoms. The first-order chi connectivity index (χ1) is 25.0. The normalized spacial score (nSPS) is 14.7. The summed E-state index contributed by atoms with van der Waals surface area (Å²) in [5.74, 6) is 0. The van der Waals surface area contributed by atoms with Crippen LogP contribution in [0, 0.1) is 0 Å². The zero-order chi connectivity index (χ0) is 44.0. The van der Waals surface area contributed by atoms with Gasteiger partial charge in [0, 0.05) is 21.9 Å². The quantitative estimate of drug-likeness (QED) is 0.100. The predicted molar refractivity (Wildman–Crippen MR) is 150 cm³/mol. The number of fused-ring (bicyclic) bond motifs is 3. The molecule has 3 aromatic carbocycles. The molecule has 2 aromatic heterocycles. The van der Waals surface area contributed by atoms with E-state index in [0.29, 0.717) is 12.1 Å². The van der Waals surface area contributed by atoms with Crippen LogP contribution in [0.1, 0.15) is 33.4 Å². The molecule has 0 atom stereocenters. The summed E-state index contributed by atoms with van der Waals surface area (Å²) in [6.07, 6.45) is -34.8. The minimum absolute atomic E-state index is 0. The van der Waals surface area contributed by atoms with E-state index in [0.717, 1.165) is 24.3 Å². The van der Waals surface area contributed by atoms with E-state index < -0.39 is 148 Å². The van der Waals surface area contributed by atoms with Gasteiger partial charge in [-0.05, 0) is 36.4 Å². The molecule has 0 bridgehead atoms. The number of pyridine rings is 2. The number of alkyl halides is 18. The maximum absolute atomic E-state index is 14.0. The van der Waals surface area contributed by atoms with Crippen molar-refractivity contribution in [3.8, 4) is 22.5 Å². The zero-order valence-corrected chi connectivity index (χ0v) is 30.0. The molecular weight excluding hydrogens is 1030 g/mol. The van der Waals surface area contributed by atoms with Crippen LogP contribution in [0.2, 0.25) is 0 Å². The Morgan fingerprint density at radius 1 is 0.345 bits per heavy atom. The van der Waals surface area contributed by atoms with Gasteiger partial charge in [0.2, 0.25) is 0 Å². The number of benzene rings is 3. The molecule has 324 valence electrons. The molecule has 2 heterocycles. The average Bonchev–Trinajstić information content (AvgIpc) is 2.98. The van der Waals surface area contributed by atoms with Crippen molar-refractivity contribution >= 4 is 41.3 Å². The molecular formula is C30H10CuF24N2Sb. The fourth-order valence-corrected chi connectivity index (χ4v) is 5.10. The van der Waals surface area contributed by atoms with Crippen molar-refractivity contribution in [1.29, 1.82) is 0 Å². The van der Waals surface area contributed by atoms with Crippen LogP contribution in [0.25, 0.3) is 44.3 Å². The minimum atomic E-state index is -11.2. The second kappa shape index (κ2) is 14.1. The third-order valence-electron chi connectivity index (χ3n) is 7.18. The summed E-state index contributed by atoms with van der Waals surface area (Å²) in [6, 6.07) is 2.56. The van der Waals surface area contributed by atoms with E-state index in [-0.39, 0.29) is 27.8 Å². The molecule has 0 spiro atoms. The van der Waals surface area contributed by atoms with Crippen LogP contribution in [-0.2, 0) is 54.1 Å². The molecule has 0 saturated carbocycles. The number of halogens is 24. The van der Waals surface area contributed by atoms with Crippen molar-refractivity contribution in [3.63, 3.8) is 0 Å². The number of rotatable bonds is 2. The maximum atomic E-state index is 14.0. The monoisotopic (exact) mass is 1040 g/mol. The topological polar surface area (TPSA) is 25.8 Å². The zero-order valence-electron chi connectivity index (χ0n) is 26.5. The van der Waals surface area contributed by atoms with E-state index in [4.69, 9.17) is 0 Å². The molecule has 0 radical (unpaired) electrons. The Hall–Kier alpha value is -3.86. The molecule has 0 aliphatic rings. The second-order valence-corrected chi connectivity index (χ2v) is 16.9. The Bertz CT molecular complexity index is 2130. The van der Waals surface area contributed by atoms with Crippen molar-refractivity contribution in [3.05, 3.63) is 94.0 Å². The van der Waals surface area contributed by atoms with Crippen LogP contribution in [0.3, 0.4) is 0 Å². The van der Waals surface area contributed by atoms with Crippen LogP contribution >= 0.6 is 0 Å². The van der Waals surface area contributed by atoms with Crippen LogP contribution in [-0.4, -0.2) is 29.4 Å². The van der Waals surface area contributed by atoms with E-state index in [9.17, 15) is 95.9 Å². The van der Waals surface area contributed by atoms with Gasteiger partial charge in [-0.15, -0.1) is 0 Å². The third kappa shape index (κ3) is 11.9. The van der Waals surface area contributed by atoms with Gasteiger partial charge in [-0.25, -0.2) is 9.97 Å². The third-order valence-corrected chi connectivity index (χ3v) is 7.18. The van der Waals surface area contributed by atoms with E-state index in [1.165, 1.54) is 0 Å². The van der Waals surface area contributed by atoms with Crippen molar-refractivity contribution in [1.82, 2.24) is 9.97 Å². The summed E-state index contributed by atoms with van der Waals surface area (Å²) in [5.41, 5.74) is -22.2. The van der Waals surface area contributed by atoms with Crippen LogP contribution in [0.4, 0.5) is 95.9 Å². The Kier molecular flexibility index (Phi) is 11.8. The molecule has 5 aromatic rings. The van der Waals surface area contributed by atoms with Gasteiger partial charge in [0.25, 0.3) is 0 Å². The van der Waals surface area contributed by atoms with Gasteiger partial charge >= 0.3 is 90.5 Å².